The van der Waals surface area contributed by atoms with Crippen molar-refractivity contribution >= 4 is 46.1 Å². The van der Waals surface area contributed by atoms with E-state index in [4.69, 9.17) is 9.72 Å². The van der Waals surface area contributed by atoms with Gasteiger partial charge in [0.15, 0.2) is 0 Å². The second-order valence-electron chi connectivity index (χ2n) is 12.3. The number of hydrogen-bond donors (Lipinski definition) is 2. The first-order valence-electron chi connectivity index (χ1n) is 15.6. The van der Waals surface area contributed by atoms with Crippen molar-refractivity contribution in [1.82, 2.24) is 15.2 Å². The maximum Gasteiger partial charge on any atom is 0.407 e. The molecule has 1 saturated heterocycles. The van der Waals surface area contributed by atoms with Crippen molar-refractivity contribution in [2.45, 2.75) is 70.1 Å². The third-order valence-corrected chi connectivity index (χ3v) is 9.48. The third-order valence-electron chi connectivity index (χ3n) is 9.48. The lowest BCUT2D eigenvalue weighted by Gasteiger charge is -2.36. The fraction of sp³-hybridized carbons (Fsp3) is 0.441. The molecule has 3 heterocycles. The van der Waals surface area contributed by atoms with Crippen LogP contribution in [0.25, 0.3) is 10.9 Å². The van der Waals surface area contributed by atoms with E-state index in [9.17, 15) is 24.3 Å². The highest BCUT2D eigenvalue weighted by molar-refractivity contribution is 6.09. The van der Waals surface area contributed by atoms with Crippen LogP contribution in [0, 0.1) is 5.92 Å². The Bertz CT molecular complexity index is 1630. The highest BCUT2D eigenvalue weighted by atomic mass is 16.5. The molecule has 0 spiro atoms. The molecule has 11 nitrogen and oxygen atoms in total. The van der Waals surface area contributed by atoms with Crippen molar-refractivity contribution in [2.24, 2.45) is 5.92 Å². The van der Waals surface area contributed by atoms with Gasteiger partial charge in [-0.05, 0) is 74.8 Å². The number of ether oxygens (including phenoxy) is 1. The molecule has 2 N–H and O–H groups in total. The molecule has 11 heteroatoms. The molecule has 236 valence electrons. The Balaban J connectivity index is 1.47. The Morgan fingerprint density at radius 1 is 1.04 bits per heavy atom. The third kappa shape index (κ3) is 5.84. The highest BCUT2D eigenvalue weighted by Crippen LogP contribution is 2.44. The number of benzene rings is 2. The molecular weight excluding hydrogens is 574 g/mol. The van der Waals surface area contributed by atoms with Crippen molar-refractivity contribution in [3.8, 4) is 0 Å². The highest BCUT2D eigenvalue weighted by Gasteiger charge is 2.44. The lowest BCUT2D eigenvalue weighted by Crippen LogP contribution is -2.60. The van der Waals surface area contributed by atoms with Crippen LogP contribution in [0.4, 0.5) is 16.2 Å². The summed E-state index contributed by atoms with van der Waals surface area (Å²) in [6, 6.07) is 12.3. The summed E-state index contributed by atoms with van der Waals surface area (Å²) in [5, 5.41) is 13.3. The van der Waals surface area contributed by atoms with Crippen molar-refractivity contribution in [3.05, 3.63) is 65.9 Å². The van der Waals surface area contributed by atoms with E-state index in [2.05, 4.69) is 5.32 Å². The number of carbonyl (C=O) groups is 4. The number of hydrogen-bond acceptors (Lipinski definition) is 6. The number of amides is 4. The number of rotatable bonds is 7. The molecule has 6 rings (SSSR count). The zero-order valence-electron chi connectivity index (χ0n) is 25.8. The number of pyridine rings is 1. The molecule has 45 heavy (non-hydrogen) atoms. The Morgan fingerprint density at radius 2 is 1.71 bits per heavy atom. The fourth-order valence-electron chi connectivity index (χ4n) is 6.47. The smallest absolute Gasteiger partial charge is 0.407 e. The molecule has 3 aromatic rings. The van der Waals surface area contributed by atoms with Gasteiger partial charge in [-0.15, -0.1) is 0 Å². The van der Waals surface area contributed by atoms with Gasteiger partial charge in [-0.3, -0.25) is 24.3 Å². The maximum absolute atomic E-state index is 14.8. The molecule has 2 aliphatic heterocycles. The first-order chi connectivity index (χ1) is 21.7. The minimum atomic E-state index is -1.26. The molecule has 0 radical (unpaired) electrons. The Labute approximate surface area is 262 Å². The lowest BCUT2D eigenvalue weighted by atomic mass is 9.96. The van der Waals surface area contributed by atoms with Gasteiger partial charge >= 0.3 is 6.09 Å². The summed E-state index contributed by atoms with van der Waals surface area (Å²) in [5.41, 5.74) is 4.09. The summed E-state index contributed by atoms with van der Waals surface area (Å²) in [6.07, 6.45) is 3.88. The molecule has 2 aromatic carbocycles. The molecule has 3 aliphatic rings. The van der Waals surface area contributed by atoms with Gasteiger partial charge in [-0.2, -0.15) is 0 Å². The average Bonchev–Trinajstić information content (AvgIpc) is 3.91. The minimum absolute atomic E-state index is 0.129. The van der Waals surface area contributed by atoms with Crippen LogP contribution in [-0.4, -0.2) is 77.2 Å². The van der Waals surface area contributed by atoms with Crippen LogP contribution in [0.1, 0.15) is 56.6 Å². The normalized spacial score (nSPS) is 21.2. The van der Waals surface area contributed by atoms with Crippen LogP contribution in [0.15, 0.2) is 54.7 Å². The van der Waals surface area contributed by atoms with Crippen LogP contribution in [-0.2, 0) is 25.7 Å². The second kappa shape index (κ2) is 12.5. The number of nitrogens with zero attached hydrogens (tertiary/aromatic N) is 4. The summed E-state index contributed by atoms with van der Waals surface area (Å²) in [4.78, 5) is 63.1. The summed E-state index contributed by atoms with van der Waals surface area (Å²) < 4.78 is 5.52. The van der Waals surface area contributed by atoms with E-state index in [1.54, 1.807) is 16.7 Å². The predicted octanol–water partition coefficient (Wildman–Crippen LogP) is 4.29. The predicted molar refractivity (Wildman–Crippen MR) is 169 cm³/mol. The number of aromatic nitrogens is 1. The van der Waals surface area contributed by atoms with E-state index in [1.807, 2.05) is 54.7 Å². The SMILES string of the molecule is C[C@@H](C(=O)N[C@@H]1C(=O)N(Cc2c(C3CC3)cnc3ccccc23)c2ccccc2N(C(=O)C2CCOCC2)[C@H]1C)N(C)C(=O)O. The zero-order valence-corrected chi connectivity index (χ0v) is 25.8. The van der Waals surface area contributed by atoms with E-state index in [1.165, 1.54) is 14.0 Å². The molecule has 1 aliphatic carbocycles. The average molecular weight is 614 g/mol. The Kier molecular flexibility index (Phi) is 8.46. The molecule has 1 aromatic heterocycles. The number of likely N-dealkylation sites (N-methyl/N-ethyl adjacent to an activating group) is 1. The molecule has 2 fully saturated rings. The molecule has 1 saturated carbocycles. The van der Waals surface area contributed by atoms with Crippen molar-refractivity contribution in [1.29, 1.82) is 0 Å². The number of carbonyl (C=O) groups excluding carboxylic acids is 3. The quantitative estimate of drug-likeness (QED) is 0.406. The number of anilines is 2. The van der Waals surface area contributed by atoms with Gasteiger partial charge in [0.1, 0.15) is 12.1 Å². The van der Waals surface area contributed by atoms with E-state index in [0.717, 1.165) is 39.8 Å². The van der Waals surface area contributed by atoms with Gasteiger partial charge in [-0.1, -0.05) is 30.3 Å². The fourth-order valence-corrected chi connectivity index (χ4v) is 6.47. The summed E-state index contributed by atoms with van der Waals surface area (Å²) in [7, 11) is 1.31. The summed E-state index contributed by atoms with van der Waals surface area (Å²) in [6.45, 7) is 4.40. The summed E-state index contributed by atoms with van der Waals surface area (Å²) >= 11 is 0. The van der Waals surface area contributed by atoms with Gasteiger partial charge in [0.25, 0.3) is 5.91 Å². The van der Waals surface area contributed by atoms with Crippen LogP contribution in [0.2, 0.25) is 0 Å². The van der Waals surface area contributed by atoms with Gasteiger partial charge in [0, 0.05) is 37.8 Å². The first kappa shape index (κ1) is 30.5. The zero-order chi connectivity index (χ0) is 31.8. The number of nitrogens with one attached hydrogen (secondary N) is 1. The van der Waals surface area contributed by atoms with E-state index in [0.29, 0.717) is 43.3 Å². The van der Waals surface area contributed by atoms with Crippen LogP contribution in [0.3, 0.4) is 0 Å². The number of fused-ring (bicyclic) bond motifs is 2. The molecule has 3 atom stereocenters. The van der Waals surface area contributed by atoms with E-state index >= 15 is 0 Å². The van der Waals surface area contributed by atoms with Crippen molar-refractivity contribution in [2.75, 3.05) is 30.1 Å². The number of para-hydroxylation sites is 3. The molecule has 4 amide bonds. The maximum atomic E-state index is 14.8. The lowest BCUT2D eigenvalue weighted by molar-refractivity contribution is -0.131. The standard InChI is InChI=1S/C34H39N5O6/c1-20-30(36-31(40)21(2)37(3)34(43)44)33(42)38(19-26-24-8-4-5-9-27(24)35-18-25(26)22-12-13-22)28-10-6-7-11-29(28)39(20)32(41)23-14-16-45-17-15-23/h4-11,18,20-23,30H,12-17,19H2,1-3H3,(H,36,40)(H,43,44)/t20-,21-,30-/m0/s1. The molecule has 0 bridgehead atoms. The monoisotopic (exact) mass is 613 g/mol. The van der Waals surface area contributed by atoms with Crippen LogP contribution < -0.4 is 15.1 Å². The summed E-state index contributed by atoms with van der Waals surface area (Å²) in [5.74, 6) is -1.06. The largest absolute Gasteiger partial charge is 0.465 e. The van der Waals surface area contributed by atoms with Gasteiger partial charge in [-0.25, -0.2) is 4.79 Å². The Morgan fingerprint density at radius 3 is 2.40 bits per heavy atom. The van der Waals surface area contributed by atoms with E-state index in [-0.39, 0.29) is 24.3 Å². The second-order valence-corrected chi connectivity index (χ2v) is 12.3. The van der Waals surface area contributed by atoms with E-state index < -0.39 is 30.1 Å². The van der Waals surface area contributed by atoms with Crippen LogP contribution in [0.5, 0.6) is 0 Å². The van der Waals surface area contributed by atoms with Gasteiger partial charge in [0.2, 0.25) is 11.8 Å². The molecule has 0 unspecified atom stereocenters. The minimum Gasteiger partial charge on any atom is -0.465 e. The topological polar surface area (TPSA) is 132 Å². The van der Waals surface area contributed by atoms with Gasteiger partial charge in [0.05, 0.1) is 29.5 Å². The number of carboxylic acid groups (broad SMARTS) is 1. The molecular formula is C34H39N5O6. The van der Waals surface area contributed by atoms with Crippen molar-refractivity contribution < 1.29 is 29.0 Å². The van der Waals surface area contributed by atoms with Crippen molar-refractivity contribution in [3.63, 3.8) is 0 Å². The first-order valence-corrected chi connectivity index (χ1v) is 15.6. The van der Waals surface area contributed by atoms with Gasteiger partial charge < -0.3 is 25.0 Å². The Hall–Kier alpha value is -4.51. The van der Waals surface area contributed by atoms with Crippen LogP contribution >= 0.6 is 0 Å².